The molecular formula is C22H29ClN2O2. The van der Waals surface area contributed by atoms with Gasteiger partial charge < -0.3 is 14.8 Å². The molecule has 1 aliphatic heterocycles. The van der Waals surface area contributed by atoms with Crippen LogP contribution in [0.2, 0.25) is 5.02 Å². The minimum atomic E-state index is 0.568. The van der Waals surface area contributed by atoms with E-state index in [1.807, 2.05) is 30.3 Å². The minimum Gasteiger partial charge on any atom is -0.489 e. The summed E-state index contributed by atoms with van der Waals surface area (Å²) in [6.45, 7) is 9.33. The zero-order valence-electron chi connectivity index (χ0n) is 16.0. The number of aryl methyl sites for hydroxylation is 1. The highest BCUT2D eigenvalue weighted by atomic mass is 35.5. The Morgan fingerprint density at radius 3 is 2.74 bits per heavy atom. The molecule has 0 radical (unpaired) electrons. The van der Waals surface area contributed by atoms with Crippen molar-refractivity contribution in [3.63, 3.8) is 0 Å². The van der Waals surface area contributed by atoms with Gasteiger partial charge >= 0.3 is 0 Å². The third kappa shape index (κ3) is 6.51. The third-order valence-corrected chi connectivity index (χ3v) is 5.15. The molecule has 1 N–H and O–H groups in total. The van der Waals surface area contributed by atoms with Gasteiger partial charge in [-0.1, -0.05) is 35.9 Å². The molecule has 1 heterocycles. The van der Waals surface area contributed by atoms with E-state index in [9.17, 15) is 0 Å². The van der Waals surface area contributed by atoms with Gasteiger partial charge in [-0.05, 0) is 55.8 Å². The average molecular weight is 389 g/mol. The number of hydrogen-bond acceptors (Lipinski definition) is 4. The zero-order valence-corrected chi connectivity index (χ0v) is 16.8. The zero-order chi connectivity index (χ0) is 18.9. The summed E-state index contributed by atoms with van der Waals surface area (Å²) in [6, 6.07) is 14.1. The molecule has 3 rings (SSSR count). The van der Waals surface area contributed by atoms with Crippen LogP contribution in [-0.2, 0) is 17.9 Å². The number of ether oxygens (including phenoxy) is 2. The van der Waals surface area contributed by atoms with E-state index in [1.54, 1.807) is 0 Å². The number of halogens is 1. The van der Waals surface area contributed by atoms with Crippen LogP contribution < -0.4 is 10.1 Å². The number of nitrogens with one attached hydrogen (secondary N) is 1. The van der Waals surface area contributed by atoms with Crippen molar-refractivity contribution in [3.05, 3.63) is 64.2 Å². The Morgan fingerprint density at radius 1 is 1.11 bits per heavy atom. The largest absolute Gasteiger partial charge is 0.489 e. The first-order chi connectivity index (χ1) is 13.2. The summed E-state index contributed by atoms with van der Waals surface area (Å²) in [6.07, 6.45) is 1.12. The number of morpholine rings is 1. The first-order valence-electron chi connectivity index (χ1n) is 9.69. The molecule has 1 fully saturated rings. The van der Waals surface area contributed by atoms with Gasteiger partial charge in [0, 0.05) is 30.2 Å². The van der Waals surface area contributed by atoms with E-state index in [2.05, 4.69) is 29.3 Å². The maximum atomic E-state index is 6.20. The van der Waals surface area contributed by atoms with Crippen molar-refractivity contribution in [2.75, 3.05) is 39.4 Å². The summed E-state index contributed by atoms with van der Waals surface area (Å²) in [4.78, 5) is 2.46. The first kappa shape index (κ1) is 20.2. The monoisotopic (exact) mass is 388 g/mol. The Labute approximate surface area is 167 Å². The van der Waals surface area contributed by atoms with E-state index in [-0.39, 0.29) is 0 Å². The molecule has 146 valence electrons. The summed E-state index contributed by atoms with van der Waals surface area (Å²) in [5.41, 5.74) is 3.55. The van der Waals surface area contributed by atoms with Crippen molar-refractivity contribution in [2.45, 2.75) is 26.5 Å². The van der Waals surface area contributed by atoms with Crippen LogP contribution in [0.3, 0.4) is 0 Å². The van der Waals surface area contributed by atoms with Gasteiger partial charge in [-0.15, -0.1) is 0 Å². The van der Waals surface area contributed by atoms with Crippen LogP contribution in [-0.4, -0.2) is 44.3 Å². The predicted molar refractivity (Wildman–Crippen MR) is 111 cm³/mol. The highest BCUT2D eigenvalue weighted by molar-refractivity contribution is 6.30. The topological polar surface area (TPSA) is 33.7 Å². The van der Waals surface area contributed by atoms with E-state index >= 15 is 0 Å². The molecule has 1 aliphatic rings. The molecular weight excluding hydrogens is 360 g/mol. The predicted octanol–water partition coefficient (Wildman–Crippen LogP) is 4.04. The van der Waals surface area contributed by atoms with Gasteiger partial charge in [0.2, 0.25) is 0 Å². The van der Waals surface area contributed by atoms with Crippen molar-refractivity contribution < 1.29 is 9.47 Å². The van der Waals surface area contributed by atoms with Crippen molar-refractivity contribution in [1.82, 2.24) is 10.2 Å². The van der Waals surface area contributed by atoms with Gasteiger partial charge in [0.25, 0.3) is 0 Å². The lowest BCUT2D eigenvalue weighted by atomic mass is 10.1. The van der Waals surface area contributed by atoms with Gasteiger partial charge in [0.1, 0.15) is 12.4 Å². The van der Waals surface area contributed by atoms with Crippen LogP contribution >= 0.6 is 11.6 Å². The number of benzene rings is 2. The fourth-order valence-corrected chi connectivity index (χ4v) is 3.42. The highest BCUT2D eigenvalue weighted by Gasteiger charge is 2.10. The third-order valence-electron chi connectivity index (χ3n) is 4.91. The van der Waals surface area contributed by atoms with Gasteiger partial charge in [-0.3, -0.25) is 4.90 Å². The van der Waals surface area contributed by atoms with Crippen LogP contribution in [0.4, 0.5) is 0 Å². The van der Waals surface area contributed by atoms with Crippen LogP contribution in [0.15, 0.2) is 42.5 Å². The maximum absolute atomic E-state index is 6.20. The van der Waals surface area contributed by atoms with E-state index in [4.69, 9.17) is 21.1 Å². The normalized spacial score (nSPS) is 15.0. The molecule has 0 amide bonds. The Kier molecular flexibility index (Phi) is 7.96. The molecule has 0 spiro atoms. The molecule has 0 saturated carbocycles. The number of hydrogen-bond donors (Lipinski definition) is 1. The van der Waals surface area contributed by atoms with E-state index in [0.29, 0.717) is 6.61 Å². The van der Waals surface area contributed by atoms with Crippen molar-refractivity contribution in [1.29, 1.82) is 0 Å². The van der Waals surface area contributed by atoms with E-state index < -0.39 is 0 Å². The molecule has 0 aromatic heterocycles. The Bertz CT molecular complexity index is 717. The lowest BCUT2D eigenvalue weighted by Gasteiger charge is -2.26. The van der Waals surface area contributed by atoms with E-state index in [0.717, 1.165) is 68.7 Å². The SMILES string of the molecule is Cc1ccccc1COc1ccc(Cl)cc1CNCCCN1CCOCC1. The summed E-state index contributed by atoms with van der Waals surface area (Å²) in [5.74, 6) is 0.892. The minimum absolute atomic E-state index is 0.568. The van der Waals surface area contributed by atoms with Crippen molar-refractivity contribution in [3.8, 4) is 5.75 Å². The standard InChI is InChI=1S/C22H29ClN2O2/c1-18-5-2-3-6-19(18)17-27-22-8-7-21(23)15-20(22)16-24-9-4-10-25-11-13-26-14-12-25/h2-3,5-8,15,24H,4,9-14,16-17H2,1H3. The number of rotatable bonds is 9. The smallest absolute Gasteiger partial charge is 0.124 e. The molecule has 1 saturated heterocycles. The molecule has 0 atom stereocenters. The molecule has 5 heteroatoms. The van der Waals surface area contributed by atoms with Crippen molar-refractivity contribution in [2.24, 2.45) is 0 Å². The van der Waals surface area contributed by atoms with Crippen LogP contribution in [0.5, 0.6) is 5.75 Å². The van der Waals surface area contributed by atoms with Gasteiger partial charge in [0.05, 0.1) is 13.2 Å². The molecule has 27 heavy (non-hydrogen) atoms. The maximum Gasteiger partial charge on any atom is 0.124 e. The van der Waals surface area contributed by atoms with Crippen LogP contribution in [0, 0.1) is 6.92 Å². The molecule has 4 nitrogen and oxygen atoms in total. The summed E-state index contributed by atoms with van der Waals surface area (Å²) < 4.78 is 11.5. The second-order valence-electron chi connectivity index (χ2n) is 6.95. The Balaban J connectivity index is 1.47. The molecule has 2 aromatic carbocycles. The second kappa shape index (κ2) is 10.7. The summed E-state index contributed by atoms with van der Waals surface area (Å²) in [7, 11) is 0. The molecule has 0 unspecified atom stereocenters. The molecule has 2 aromatic rings. The molecule has 0 bridgehead atoms. The quantitative estimate of drug-likeness (QED) is 0.657. The van der Waals surface area contributed by atoms with Gasteiger partial charge in [-0.2, -0.15) is 0 Å². The summed E-state index contributed by atoms with van der Waals surface area (Å²) in [5, 5.41) is 4.26. The van der Waals surface area contributed by atoms with Crippen LogP contribution in [0.25, 0.3) is 0 Å². The van der Waals surface area contributed by atoms with Gasteiger partial charge in [0.15, 0.2) is 0 Å². The Morgan fingerprint density at radius 2 is 1.93 bits per heavy atom. The van der Waals surface area contributed by atoms with Gasteiger partial charge in [-0.25, -0.2) is 0 Å². The Hall–Kier alpha value is -1.59. The molecule has 0 aliphatic carbocycles. The second-order valence-corrected chi connectivity index (χ2v) is 7.39. The fraction of sp³-hybridized carbons (Fsp3) is 0.455. The fourth-order valence-electron chi connectivity index (χ4n) is 3.23. The first-order valence-corrected chi connectivity index (χ1v) is 10.1. The summed E-state index contributed by atoms with van der Waals surface area (Å²) >= 11 is 6.20. The number of nitrogens with zero attached hydrogens (tertiary/aromatic N) is 1. The lowest BCUT2D eigenvalue weighted by Crippen LogP contribution is -2.37. The van der Waals surface area contributed by atoms with Crippen LogP contribution in [0.1, 0.15) is 23.1 Å². The van der Waals surface area contributed by atoms with E-state index in [1.165, 1.54) is 11.1 Å². The van der Waals surface area contributed by atoms with Crippen molar-refractivity contribution >= 4 is 11.6 Å². The lowest BCUT2D eigenvalue weighted by molar-refractivity contribution is 0.0374. The highest BCUT2D eigenvalue weighted by Crippen LogP contribution is 2.24. The average Bonchev–Trinajstić information content (AvgIpc) is 2.69.